The smallest absolute Gasteiger partial charge is 0.225 e. The van der Waals surface area contributed by atoms with Gasteiger partial charge in [0.15, 0.2) is 9.84 Å². The van der Waals surface area contributed by atoms with Crippen LogP contribution in [0.1, 0.15) is 25.3 Å². The van der Waals surface area contributed by atoms with Gasteiger partial charge >= 0.3 is 0 Å². The Balaban J connectivity index is 1.61. The molecule has 154 valence electrons. The molecule has 1 heterocycles. The predicted molar refractivity (Wildman–Crippen MR) is 115 cm³/mol. The lowest BCUT2D eigenvalue weighted by Gasteiger charge is -2.15. The van der Waals surface area contributed by atoms with E-state index in [2.05, 4.69) is 10.6 Å². The lowest BCUT2D eigenvalue weighted by atomic mass is 10.1. The van der Waals surface area contributed by atoms with Gasteiger partial charge in [-0.2, -0.15) is 0 Å². The van der Waals surface area contributed by atoms with E-state index in [1.165, 1.54) is 24.8 Å². The van der Waals surface area contributed by atoms with E-state index in [0.29, 0.717) is 30.8 Å². The Morgan fingerprint density at radius 3 is 2.72 bits per heavy atom. The number of hydrogen-bond donors (Lipinski definition) is 2. The second-order valence-corrected chi connectivity index (χ2v) is 10.5. The first kappa shape index (κ1) is 21.4. The lowest BCUT2D eigenvalue weighted by Crippen LogP contribution is -2.31. The van der Waals surface area contributed by atoms with Crippen molar-refractivity contribution >= 4 is 39.1 Å². The second kappa shape index (κ2) is 9.45. The zero-order valence-corrected chi connectivity index (χ0v) is 17.8. The van der Waals surface area contributed by atoms with Crippen molar-refractivity contribution in [1.82, 2.24) is 5.32 Å². The van der Waals surface area contributed by atoms with Gasteiger partial charge in [-0.05, 0) is 37.1 Å². The molecule has 6 nitrogen and oxygen atoms in total. The minimum absolute atomic E-state index is 0.114. The summed E-state index contributed by atoms with van der Waals surface area (Å²) in [5.41, 5.74) is 1.62. The quantitative estimate of drug-likeness (QED) is 0.702. The average molecular weight is 433 g/mol. The summed E-state index contributed by atoms with van der Waals surface area (Å²) in [6.45, 7) is 1.99. The van der Waals surface area contributed by atoms with E-state index in [1.54, 1.807) is 12.1 Å². The largest absolute Gasteiger partial charge is 0.356 e. The Kier molecular flexibility index (Phi) is 6.97. The number of carbonyl (C=O) groups excluding carboxylic acids is 2. The second-order valence-electron chi connectivity index (χ2n) is 6.95. The van der Waals surface area contributed by atoms with Gasteiger partial charge in [0.25, 0.3) is 0 Å². The molecule has 0 unspecified atom stereocenters. The maximum absolute atomic E-state index is 12.9. The van der Waals surface area contributed by atoms with Gasteiger partial charge in [0.2, 0.25) is 11.8 Å². The van der Waals surface area contributed by atoms with Crippen LogP contribution in [0.2, 0.25) is 0 Å². The standard InChI is InChI=1S/C21H24N2O4S2/c1-15(13-21(25)22-11-9-16-5-3-2-4-6-16)29(26,27)17-7-8-19-18(14-17)23-20(24)10-12-28-19/h2-8,14-15H,9-13H2,1H3,(H,22,25)(H,23,24)/t15-/m0/s1. The highest BCUT2D eigenvalue weighted by Crippen LogP contribution is 2.33. The fraction of sp³-hybridized carbons (Fsp3) is 0.333. The SMILES string of the molecule is C[C@@H](CC(=O)NCCc1ccccc1)S(=O)(=O)c1ccc2c(c1)NC(=O)CCS2. The number of benzene rings is 2. The van der Waals surface area contributed by atoms with Crippen molar-refractivity contribution in [2.45, 2.75) is 41.2 Å². The molecule has 0 spiro atoms. The third-order valence-electron chi connectivity index (χ3n) is 4.72. The number of amides is 2. The molecule has 2 N–H and O–H groups in total. The van der Waals surface area contributed by atoms with Gasteiger partial charge in [0, 0.05) is 30.0 Å². The molecule has 1 aliphatic heterocycles. The molecule has 0 aromatic heterocycles. The van der Waals surface area contributed by atoms with E-state index in [-0.39, 0.29) is 23.1 Å². The third kappa shape index (κ3) is 5.61. The molecule has 29 heavy (non-hydrogen) atoms. The van der Waals surface area contributed by atoms with Gasteiger partial charge in [-0.3, -0.25) is 9.59 Å². The van der Waals surface area contributed by atoms with Crippen molar-refractivity contribution < 1.29 is 18.0 Å². The van der Waals surface area contributed by atoms with Crippen LogP contribution in [0.4, 0.5) is 5.69 Å². The summed E-state index contributed by atoms with van der Waals surface area (Å²) in [4.78, 5) is 24.9. The minimum atomic E-state index is -3.70. The molecule has 0 bridgehead atoms. The summed E-state index contributed by atoms with van der Waals surface area (Å²) in [6, 6.07) is 14.5. The molecule has 0 fully saturated rings. The van der Waals surface area contributed by atoms with Gasteiger partial charge in [0.05, 0.1) is 15.8 Å². The number of fused-ring (bicyclic) bond motifs is 1. The molecule has 8 heteroatoms. The van der Waals surface area contributed by atoms with Crippen LogP contribution in [0.25, 0.3) is 0 Å². The normalized spacial score (nSPS) is 15.0. The zero-order chi connectivity index (χ0) is 20.9. The monoisotopic (exact) mass is 432 g/mol. The average Bonchev–Trinajstić information content (AvgIpc) is 2.88. The summed E-state index contributed by atoms with van der Waals surface area (Å²) >= 11 is 1.52. The maximum atomic E-state index is 12.9. The van der Waals surface area contributed by atoms with E-state index in [1.807, 2.05) is 30.3 Å². The molecule has 0 saturated heterocycles. The molecule has 0 aliphatic carbocycles. The van der Waals surface area contributed by atoms with Crippen molar-refractivity contribution in [2.75, 3.05) is 17.6 Å². The highest BCUT2D eigenvalue weighted by Gasteiger charge is 2.27. The number of carbonyl (C=O) groups is 2. The molecule has 1 atom stereocenters. The first-order chi connectivity index (χ1) is 13.9. The van der Waals surface area contributed by atoms with E-state index >= 15 is 0 Å². The van der Waals surface area contributed by atoms with E-state index in [9.17, 15) is 18.0 Å². The Hall–Kier alpha value is -2.32. The van der Waals surface area contributed by atoms with E-state index < -0.39 is 15.1 Å². The van der Waals surface area contributed by atoms with Crippen LogP contribution >= 0.6 is 11.8 Å². The fourth-order valence-corrected chi connectivity index (χ4v) is 5.35. The van der Waals surface area contributed by atoms with Crippen LogP contribution in [-0.2, 0) is 25.8 Å². The number of hydrogen-bond acceptors (Lipinski definition) is 5. The van der Waals surface area contributed by atoms with E-state index in [0.717, 1.165) is 10.5 Å². The predicted octanol–water partition coefficient (Wildman–Crippen LogP) is 3.03. The number of nitrogens with one attached hydrogen (secondary N) is 2. The first-order valence-electron chi connectivity index (χ1n) is 9.47. The van der Waals surface area contributed by atoms with Gasteiger partial charge in [-0.15, -0.1) is 11.8 Å². The van der Waals surface area contributed by atoms with Crippen molar-refractivity contribution in [3.05, 3.63) is 54.1 Å². The molecule has 2 amide bonds. The Morgan fingerprint density at radius 1 is 1.21 bits per heavy atom. The topological polar surface area (TPSA) is 92.3 Å². The molecule has 2 aromatic carbocycles. The van der Waals surface area contributed by atoms with Crippen molar-refractivity contribution in [3.63, 3.8) is 0 Å². The minimum Gasteiger partial charge on any atom is -0.356 e. The Morgan fingerprint density at radius 2 is 1.97 bits per heavy atom. The molecule has 0 radical (unpaired) electrons. The molecule has 3 rings (SSSR count). The van der Waals surface area contributed by atoms with Crippen LogP contribution in [0.5, 0.6) is 0 Å². The van der Waals surface area contributed by atoms with Crippen LogP contribution in [0.3, 0.4) is 0 Å². The summed E-state index contributed by atoms with van der Waals surface area (Å²) in [5, 5.41) is 4.67. The fourth-order valence-electron chi connectivity index (χ4n) is 3.04. The van der Waals surface area contributed by atoms with Crippen LogP contribution in [0, 0.1) is 0 Å². The molecular weight excluding hydrogens is 408 g/mol. The molecule has 0 saturated carbocycles. The number of anilines is 1. The van der Waals surface area contributed by atoms with Gasteiger partial charge in [-0.25, -0.2) is 8.42 Å². The van der Waals surface area contributed by atoms with Gasteiger partial charge in [0.1, 0.15) is 0 Å². The highest BCUT2D eigenvalue weighted by atomic mass is 32.2. The first-order valence-corrected chi connectivity index (χ1v) is 12.0. The summed E-state index contributed by atoms with van der Waals surface area (Å²) in [5.74, 6) is 0.233. The van der Waals surface area contributed by atoms with Crippen molar-refractivity contribution in [2.24, 2.45) is 0 Å². The van der Waals surface area contributed by atoms with E-state index in [4.69, 9.17) is 0 Å². The van der Waals surface area contributed by atoms with Gasteiger partial charge < -0.3 is 10.6 Å². The Bertz CT molecular complexity index is 991. The summed E-state index contributed by atoms with van der Waals surface area (Å²) < 4.78 is 25.8. The maximum Gasteiger partial charge on any atom is 0.225 e. The number of rotatable bonds is 7. The van der Waals surface area contributed by atoms with Crippen LogP contribution < -0.4 is 10.6 Å². The third-order valence-corrected chi connectivity index (χ3v) is 7.93. The number of sulfone groups is 1. The molecule has 1 aliphatic rings. The van der Waals surface area contributed by atoms with Gasteiger partial charge in [-0.1, -0.05) is 30.3 Å². The summed E-state index contributed by atoms with van der Waals surface area (Å²) in [7, 11) is -3.70. The van der Waals surface area contributed by atoms with Crippen molar-refractivity contribution in [3.8, 4) is 0 Å². The zero-order valence-electron chi connectivity index (χ0n) is 16.2. The molecule has 2 aromatic rings. The molecular formula is C21H24N2O4S2. The number of thioether (sulfide) groups is 1. The van der Waals surface area contributed by atoms with Crippen LogP contribution in [0.15, 0.2) is 58.3 Å². The van der Waals surface area contributed by atoms with Crippen LogP contribution in [-0.4, -0.2) is 37.8 Å². The van der Waals surface area contributed by atoms with Crippen molar-refractivity contribution in [1.29, 1.82) is 0 Å². The summed E-state index contributed by atoms with van der Waals surface area (Å²) in [6.07, 6.45) is 0.964. The highest BCUT2D eigenvalue weighted by molar-refractivity contribution is 7.99. The Labute approximate surface area is 175 Å². The lowest BCUT2D eigenvalue weighted by molar-refractivity contribution is -0.121.